The van der Waals surface area contributed by atoms with E-state index in [0.717, 1.165) is 10.0 Å². The maximum atomic E-state index is 13.6. The lowest BCUT2D eigenvalue weighted by atomic mass is 9.99. The van der Waals surface area contributed by atoms with E-state index in [-0.39, 0.29) is 11.9 Å². The summed E-state index contributed by atoms with van der Waals surface area (Å²) in [5.74, 6) is -0.303. The maximum Gasteiger partial charge on any atom is 0.126 e. The molecule has 0 radical (unpaired) electrons. The lowest BCUT2D eigenvalue weighted by Crippen LogP contribution is -2.14. The second-order valence-electron chi connectivity index (χ2n) is 4.22. The normalized spacial score (nSPS) is 12.5. The minimum absolute atomic E-state index is 0.303. The molecule has 0 fully saturated rings. The Kier molecular flexibility index (Phi) is 4.85. The van der Waals surface area contributed by atoms with Gasteiger partial charge in [-0.3, -0.25) is 0 Å². The van der Waals surface area contributed by atoms with Gasteiger partial charge in [0.05, 0.1) is 5.02 Å². The van der Waals surface area contributed by atoms with E-state index in [1.165, 1.54) is 12.1 Å². The monoisotopic (exact) mass is 361 g/mol. The molecule has 0 saturated heterocycles. The summed E-state index contributed by atoms with van der Waals surface area (Å²) >= 11 is 15.2. The van der Waals surface area contributed by atoms with Gasteiger partial charge in [-0.25, -0.2) is 4.39 Å². The minimum atomic E-state index is -0.335. The molecule has 0 aliphatic carbocycles. The third-order valence-electron chi connectivity index (χ3n) is 2.82. The fourth-order valence-electron chi connectivity index (χ4n) is 1.80. The summed E-state index contributed by atoms with van der Waals surface area (Å²) in [6, 6.07) is 9.59. The molecule has 0 heterocycles. The zero-order chi connectivity index (χ0) is 14.0. The molecular weight excluding hydrogens is 352 g/mol. The molecule has 2 rings (SSSR count). The summed E-state index contributed by atoms with van der Waals surface area (Å²) in [5.41, 5.74) is 7.43. The average molecular weight is 363 g/mol. The molecule has 0 amide bonds. The number of benzene rings is 2. The van der Waals surface area contributed by atoms with Crippen LogP contribution in [0.4, 0.5) is 4.39 Å². The highest BCUT2D eigenvalue weighted by Crippen LogP contribution is 2.27. The molecule has 2 aromatic rings. The largest absolute Gasteiger partial charge is 0.324 e. The van der Waals surface area contributed by atoms with E-state index >= 15 is 0 Å². The molecule has 100 valence electrons. The van der Waals surface area contributed by atoms with Crippen LogP contribution in [-0.4, -0.2) is 0 Å². The number of halogens is 4. The van der Waals surface area contributed by atoms with E-state index < -0.39 is 0 Å². The van der Waals surface area contributed by atoms with Gasteiger partial charge in [-0.2, -0.15) is 0 Å². The van der Waals surface area contributed by atoms with Crippen molar-refractivity contribution in [3.63, 3.8) is 0 Å². The van der Waals surface area contributed by atoms with Crippen molar-refractivity contribution >= 4 is 39.1 Å². The average Bonchev–Trinajstić information content (AvgIpc) is 2.37. The first-order chi connectivity index (χ1) is 8.97. The number of hydrogen-bond donors (Lipinski definition) is 1. The molecule has 2 N–H and O–H groups in total. The first kappa shape index (κ1) is 14.8. The summed E-state index contributed by atoms with van der Waals surface area (Å²) < 4.78 is 14.4. The van der Waals surface area contributed by atoms with Crippen molar-refractivity contribution in [1.29, 1.82) is 0 Å². The molecule has 19 heavy (non-hydrogen) atoms. The highest BCUT2D eigenvalue weighted by molar-refractivity contribution is 9.10. The molecule has 1 atom stereocenters. The quantitative estimate of drug-likeness (QED) is 0.803. The summed E-state index contributed by atoms with van der Waals surface area (Å²) in [5, 5.41) is 1.08. The fourth-order valence-corrected chi connectivity index (χ4v) is 2.43. The molecule has 1 nitrogen and oxygen atoms in total. The Morgan fingerprint density at radius 1 is 1.16 bits per heavy atom. The third-order valence-corrected chi connectivity index (χ3v) is 4.29. The van der Waals surface area contributed by atoms with E-state index in [4.69, 9.17) is 28.9 Å². The van der Waals surface area contributed by atoms with Gasteiger partial charge in [0.15, 0.2) is 0 Å². The first-order valence-electron chi connectivity index (χ1n) is 5.62. The SMILES string of the molecule is NC(Cc1cc(Cl)ccc1F)c1ccc(Br)c(Cl)c1. The second kappa shape index (κ2) is 6.23. The van der Waals surface area contributed by atoms with Crippen molar-refractivity contribution in [2.24, 2.45) is 5.73 Å². The van der Waals surface area contributed by atoms with E-state index in [9.17, 15) is 4.39 Å². The Balaban J connectivity index is 2.22. The van der Waals surface area contributed by atoms with E-state index in [0.29, 0.717) is 22.0 Å². The second-order valence-corrected chi connectivity index (χ2v) is 5.92. The van der Waals surface area contributed by atoms with Crippen LogP contribution in [0, 0.1) is 5.82 Å². The molecule has 1 unspecified atom stereocenters. The zero-order valence-electron chi connectivity index (χ0n) is 9.84. The van der Waals surface area contributed by atoms with Crippen molar-refractivity contribution in [3.05, 3.63) is 67.9 Å². The summed E-state index contributed by atoms with van der Waals surface area (Å²) in [7, 11) is 0. The predicted octanol–water partition coefficient (Wildman–Crippen LogP) is 5.14. The standard InChI is InChI=1S/C14H11BrCl2FN/c15-11-3-1-8(6-12(11)17)14(19)7-9-5-10(16)2-4-13(9)18/h1-6,14H,7,19H2. The predicted molar refractivity (Wildman–Crippen MR) is 81.2 cm³/mol. The minimum Gasteiger partial charge on any atom is -0.324 e. The zero-order valence-corrected chi connectivity index (χ0v) is 12.9. The van der Waals surface area contributed by atoms with Crippen LogP contribution in [0.5, 0.6) is 0 Å². The van der Waals surface area contributed by atoms with Crippen LogP contribution in [0.25, 0.3) is 0 Å². The Morgan fingerprint density at radius 2 is 1.89 bits per heavy atom. The van der Waals surface area contributed by atoms with E-state index in [1.54, 1.807) is 12.1 Å². The third kappa shape index (κ3) is 3.69. The van der Waals surface area contributed by atoms with Crippen LogP contribution in [0.1, 0.15) is 17.2 Å². The molecule has 2 aromatic carbocycles. The van der Waals surface area contributed by atoms with Gasteiger partial charge < -0.3 is 5.73 Å². The van der Waals surface area contributed by atoms with Crippen LogP contribution in [0.15, 0.2) is 40.9 Å². The lowest BCUT2D eigenvalue weighted by molar-refractivity contribution is 0.593. The number of rotatable bonds is 3. The lowest BCUT2D eigenvalue weighted by Gasteiger charge is -2.14. The Hall–Kier alpha value is -0.610. The topological polar surface area (TPSA) is 26.0 Å². The van der Waals surface area contributed by atoms with Crippen LogP contribution >= 0.6 is 39.1 Å². The van der Waals surface area contributed by atoms with Crippen molar-refractivity contribution in [2.75, 3.05) is 0 Å². The summed E-state index contributed by atoms with van der Waals surface area (Å²) in [6.45, 7) is 0. The van der Waals surface area contributed by atoms with Crippen LogP contribution in [0.3, 0.4) is 0 Å². The van der Waals surface area contributed by atoms with Crippen LogP contribution in [0.2, 0.25) is 10.0 Å². The Labute approximate surface area is 129 Å². The first-order valence-corrected chi connectivity index (χ1v) is 7.16. The summed E-state index contributed by atoms with van der Waals surface area (Å²) in [4.78, 5) is 0. The Bertz CT molecular complexity index is 604. The summed E-state index contributed by atoms with van der Waals surface area (Å²) in [6.07, 6.45) is 0.365. The molecule has 0 aromatic heterocycles. The van der Waals surface area contributed by atoms with E-state index in [2.05, 4.69) is 15.9 Å². The number of nitrogens with two attached hydrogens (primary N) is 1. The maximum absolute atomic E-state index is 13.6. The molecule has 0 aliphatic rings. The van der Waals surface area contributed by atoms with E-state index in [1.807, 2.05) is 12.1 Å². The van der Waals surface area contributed by atoms with Gasteiger partial charge in [0.25, 0.3) is 0 Å². The van der Waals surface area contributed by atoms with Crippen LogP contribution in [-0.2, 0) is 6.42 Å². The van der Waals surface area contributed by atoms with Crippen molar-refractivity contribution < 1.29 is 4.39 Å². The molecule has 0 spiro atoms. The molecular formula is C14H11BrCl2FN. The Morgan fingerprint density at radius 3 is 2.58 bits per heavy atom. The van der Waals surface area contributed by atoms with Gasteiger partial charge in [-0.15, -0.1) is 0 Å². The fraction of sp³-hybridized carbons (Fsp3) is 0.143. The highest BCUT2D eigenvalue weighted by atomic mass is 79.9. The van der Waals surface area contributed by atoms with Gasteiger partial charge >= 0.3 is 0 Å². The van der Waals surface area contributed by atoms with Gasteiger partial charge in [-0.1, -0.05) is 29.3 Å². The molecule has 0 bridgehead atoms. The van der Waals surface area contributed by atoms with Gasteiger partial charge in [0.2, 0.25) is 0 Å². The molecule has 0 aliphatic heterocycles. The highest BCUT2D eigenvalue weighted by Gasteiger charge is 2.12. The van der Waals surface area contributed by atoms with Gasteiger partial charge in [-0.05, 0) is 63.8 Å². The molecule has 0 saturated carbocycles. The molecule has 5 heteroatoms. The van der Waals surface area contributed by atoms with Crippen molar-refractivity contribution in [2.45, 2.75) is 12.5 Å². The van der Waals surface area contributed by atoms with Gasteiger partial charge in [0.1, 0.15) is 5.82 Å². The van der Waals surface area contributed by atoms with Crippen LogP contribution < -0.4 is 5.73 Å². The van der Waals surface area contributed by atoms with Crippen molar-refractivity contribution in [3.8, 4) is 0 Å². The number of hydrogen-bond acceptors (Lipinski definition) is 1. The van der Waals surface area contributed by atoms with Gasteiger partial charge in [0, 0.05) is 15.5 Å². The smallest absolute Gasteiger partial charge is 0.126 e. The van der Waals surface area contributed by atoms with Crippen molar-refractivity contribution in [1.82, 2.24) is 0 Å².